The second kappa shape index (κ2) is 10.6. The molecule has 0 aliphatic heterocycles. The third-order valence-corrected chi connectivity index (χ3v) is 5.12. The Labute approximate surface area is 184 Å². The molecule has 31 heavy (non-hydrogen) atoms. The number of aromatic nitrogens is 2. The molecule has 0 bridgehead atoms. The summed E-state index contributed by atoms with van der Waals surface area (Å²) in [5, 5.41) is 11.1. The zero-order chi connectivity index (χ0) is 22.2. The van der Waals surface area contributed by atoms with E-state index in [1.54, 1.807) is 12.3 Å². The maximum Gasteiger partial charge on any atom is 0.289 e. The summed E-state index contributed by atoms with van der Waals surface area (Å²) in [6.45, 7) is 10.6. The molecule has 1 aromatic heterocycles. The fourth-order valence-corrected chi connectivity index (χ4v) is 3.45. The van der Waals surface area contributed by atoms with Crippen LogP contribution >= 0.6 is 0 Å². The summed E-state index contributed by atoms with van der Waals surface area (Å²) < 4.78 is 0. The lowest BCUT2D eigenvalue weighted by Crippen LogP contribution is -2.21. The summed E-state index contributed by atoms with van der Waals surface area (Å²) in [6.07, 6.45) is 2.68. The molecule has 6 heteroatoms. The standard InChI is InChI=1S/C25H31N5O/c1-5-30(6-2)22-13-9-20(10-14-22)17-26-29-25(31)24-16-23(27-28-24)21-11-7-19(8-12-21)15-18(3)4/h7-14,16-18H,5-6,15H2,1-4H3,(H,27,28)(H,29,31). The Balaban J connectivity index is 1.58. The normalized spacial score (nSPS) is 11.3. The van der Waals surface area contributed by atoms with Crippen LogP contribution in [-0.2, 0) is 6.42 Å². The third kappa shape index (κ3) is 6.04. The van der Waals surface area contributed by atoms with Crippen LogP contribution in [0.1, 0.15) is 49.3 Å². The second-order valence-electron chi connectivity index (χ2n) is 7.92. The van der Waals surface area contributed by atoms with Gasteiger partial charge in [-0.2, -0.15) is 10.2 Å². The SMILES string of the molecule is CCN(CC)c1ccc(C=NNC(=O)c2cc(-c3ccc(CC(C)C)cc3)n[nH]2)cc1. The van der Waals surface area contributed by atoms with E-state index >= 15 is 0 Å². The van der Waals surface area contributed by atoms with Crippen molar-refractivity contribution in [3.05, 3.63) is 71.4 Å². The van der Waals surface area contributed by atoms with Crippen LogP contribution in [0.25, 0.3) is 11.3 Å². The number of hydrazone groups is 1. The summed E-state index contributed by atoms with van der Waals surface area (Å²) in [5.74, 6) is 0.290. The smallest absolute Gasteiger partial charge is 0.289 e. The molecule has 0 aliphatic carbocycles. The Hall–Kier alpha value is -3.41. The molecule has 0 unspecified atom stereocenters. The van der Waals surface area contributed by atoms with Gasteiger partial charge in [0.1, 0.15) is 5.69 Å². The first-order chi connectivity index (χ1) is 15.0. The lowest BCUT2D eigenvalue weighted by atomic mass is 10.0. The molecule has 2 aromatic carbocycles. The number of H-pyrrole nitrogens is 1. The Kier molecular flexibility index (Phi) is 7.60. The Morgan fingerprint density at radius 1 is 1.10 bits per heavy atom. The maximum absolute atomic E-state index is 12.4. The van der Waals surface area contributed by atoms with Crippen molar-refractivity contribution < 1.29 is 4.79 Å². The predicted octanol–water partition coefficient (Wildman–Crippen LogP) is 4.89. The minimum Gasteiger partial charge on any atom is -0.372 e. The lowest BCUT2D eigenvalue weighted by Gasteiger charge is -2.20. The molecule has 0 atom stereocenters. The monoisotopic (exact) mass is 417 g/mol. The molecule has 0 saturated carbocycles. The quantitative estimate of drug-likeness (QED) is 0.385. The first-order valence-corrected chi connectivity index (χ1v) is 10.8. The molecule has 3 rings (SSSR count). The van der Waals surface area contributed by atoms with Crippen molar-refractivity contribution in [1.29, 1.82) is 0 Å². The van der Waals surface area contributed by atoms with Gasteiger partial charge in [0, 0.05) is 24.3 Å². The van der Waals surface area contributed by atoms with E-state index in [0.29, 0.717) is 11.6 Å². The van der Waals surface area contributed by atoms with Crippen LogP contribution in [0.5, 0.6) is 0 Å². The van der Waals surface area contributed by atoms with Crippen LogP contribution in [0.2, 0.25) is 0 Å². The molecule has 0 radical (unpaired) electrons. The summed E-state index contributed by atoms with van der Waals surface area (Å²) in [7, 11) is 0. The molecule has 0 fully saturated rings. The van der Waals surface area contributed by atoms with Gasteiger partial charge in [-0.1, -0.05) is 50.2 Å². The molecule has 1 amide bonds. The zero-order valence-corrected chi connectivity index (χ0v) is 18.7. The van der Waals surface area contributed by atoms with Gasteiger partial charge < -0.3 is 4.90 Å². The van der Waals surface area contributed by atoms with E-state index in [9.17, 15) is 4.79 Å². The molecule has 162 valence electrons. The van der Waals surface area contributed by atoms with E-state index in [1.807, 2.05) is 24.3 Å². The highest BCUT2D eigenvalue weighted by atomic mass is 16.2. The number of anilines is 1. The number of nitrogens with one attached hydrogen (secondary N) is 2. The largest absolute Gasteiger partial charge is 0.372 e. The zero-order valence-electron chi connectivity index (χ0n) is 18.7. The van der Waals surface area contributed by atoms with Crippen molar-refractivity contribution in [1.82, 2.24) is 15.6 Å². The third-order valence-electron chi connectivity index (χ3n) is 5.12. The van der Waals surface area contributed by atoms with Gasteiger partial charge in [-0.05, 0) is 55.5 Å². The fourth-order valence-electron chi connectivity index (χ4n) is 3.45. The topological polar surface area (TPSA) is 73.4 Å². The van der Waals surface area contributed by atoms with E-state index in [4.69, 9.17) is 0 Å². The summed E-state index contributed by atoms with van der Waals surface area (Å²) >= 11 is 0. The van der Waals surface area contributed by atoms with E-state index in [-0.39, 0.29) is 5.91 Å². The van der Waals surface area contributed by atoms with Crippen molar-refractivity contribution in [2.45, 2.75) is 34.1 Å². The minimum absolute atomic E-state index is 0.328. The predicted molar refractivity (Wildman–Crippen MR) is 128 cm³/mol. The van der Waals surface area contributed by atoms with E-state index in [0.717, 1.165) is 36.3 Å². The Morgan fingerprint density at radius 3 is 2.39 bits per heavy atom. The highest BCUT2D eigenvalue weighted by molar-refractivity contribution is 5.94. The van der Waals surface area contributed by atoms with Crippen LogP contribution in [0.15, 0.2) is 59.7 Å². The molecule has 6 nitrogen and oxygen atoms in total. The average molecular weight is 418 g/mol. The summed E-state index contributed by atoms with van der Waals surface area (Å²) in [4.78, 5) is 14.6. The van der Waals surface area contributed by atoms with Crippen LogP contribution in [0, 0.1) is 5.92 Å². The van der Waals surface area contributed by atoms with Gasteiger partial charge in [-0.15, -0.1) is 0 Å². The number of nitrogens with zero attached hydrogens (tertiary/aromatic N) is 3. The Morgan fingerprint density at radius 2 is 1.77 bits per heavy atom. The Bertz CT molecular complexity index is 999. The molecule has 2 N–H and O–H groups in total. The van der Waals surface area contributed by atoms with Crippen LogP contribution in [-0.4, -0.2) is 35.4 Å². The van der Waals surface area contributed by atoms with Crippen molar-refractivity contribution in [3.63, 3.8) is 0 Å². The highest BCUT2D eigenvalue weighted by Gasteiger charge is 2.10. The molecule has 0 spiro atoms. The molecule has 3 aromatic rings. The van der Waals surface area contributed by atoms with E-state index in [1.165, 1.54) is 11.3 Å². The van der Waals surface area contributed by atoms with Crippen molar-refractivity contribution in [2.24, 2.45) is 11.0 Å². The minimum atomic E-state index is -0.328. The van der Waals surface area contributed by atoms with Gasteiger partial charge in [0.25, 0.3) is 5.91 Å². The van der Waals surface area contributed by atoms with Gasteiger partial charge in [-0.25, -0.2) is 5.43 Å². The van der Waals surface area contributed by atoms with Crippen LogP contribution < -0.4 is 10.3 Å². The van der Waals surface area contributed by atoms with Crippen molar-refractivity contribution in [3.8, 4) is 11.3 Å². The van der Waals surface area contributed by atoms with Crippen LogP contribution in [0.3, 0.4) is 0 Å². The number of rotatable bonds is 9. The number of aromatic amines is 1. The molecule has 0 saturated heterocycles. The number of amides is 1. The van der Waals surface area contributed by atoms with Gasteiger partial charge in [0.15, 0.2) is 0 Å². The first kappa shape index (κ1) is 22.3. The lowest BCUT2D eigenvalue weighted by molar-refractivity contribution is 0.0950. The van der Waals surface area contributed by atoms with E-state index < -0.39 is 0 Å². The van der Waals surface area contributed by atoms with Crippen molar-refractivity contribution in [2.75, 3.05) is 18.0 Å². The number of carbonyl (C=O) groups excluding carboxylic acids is 1. The molecular formula is C25H31N5O. The van der Waals surface area contributed by atoms with E-state index in [2.05, 4.69) is 77.6 Å². The summed E-state index contributed by atoms with van der Waals surface area (Å²) in [6, 6.07) is 18.1. The van der Waals surface area contributed by atoms with Gasteiger partial charge in [0.05, 0.1) is 11.9 Å². The maximum atomic E-state index is 12.4. The average Bonchev–Trinajstić information content (AvgIpc) is 3.26. The number of hydrogen-bond acceptors (Lipinski definition) is 4. The number of carbonyl (C=O) groups is 1. The highest BCUT2D eigenvalue weighted by Crippen LogP contribution is 2.19. The molecule has 1 heterocycles. The van der Waals surface area contributed by atoms with Crippen LogP contribution in [0.4, 0.5) is 5.69 Å². The second-order valence-corrected chi connectivity index (χ2v) is 7.92. The van der Waals surface area contributed by atoms with Gasteiger partial charge >= 0.3 is 0 Å². The van der Waals surface area contributed by atoms with Gasteiger partial charge in [-0.3, -0.25) is 9.89 Å². The number of benzene rings is 2. The molecular weight excluding hydrogens is 386 g/mol. The fraction of sp³-hybridized carbons (Fsp3) is 0.320. The van der Waals surface area contributed by atoms with Crippen molar-refractivity contribution >= 4 is 17.8 Å². The first-order valence-electron chi connectivity index (χ1n) is 10.8. The van der Waals surface area contributed by atoms with Gasteiger partial charge in [0.2, 0.25) is 0 Å². The number of hydrogen-bond donors (Lipinski definition) is 2. The summed E-state index contributed by atoms with van der Waals surface area (Å²) in [5.41, 5.74) is 8.02. The molecule has 0 aliphatic rings.